The third-order valence-corrected chi connectivity index (χ3v) is 7.09. The SMILES string of the molecule is Fc1ccccc1-c1ccnc2nc(-c3n[nH]c4cnc(-c5cncc(OC6CCCCC6)c5)cc34)[nH]c12. The van der Waals surface area contributed by atoms with E-state index in [0.717, 1.165) is 40.8 Å². The maximum atomic E-state index is 14.6. The lowest BCUT2D eigenvalue weighted by atomic mass is 9.98. The van der Waals surface area contributed by atoms with Crippen LogP contribution in [0.1, 0.15) is 32.1 Å². The van der Waals surface area contributed by atoms with Gasteiger partial charge in [-0.1, -0.05) is 24.6 Å². The van der Waals surface area contributed by atoms with Crippen molar-refractivity contribution >= 4 is 22.1 Å². The molecule has 1 aliphatic rings. The first-order chi connectivity index (χ1) is 18.7. The number of ether oxygens (including phenoxy) is 1. The summed E-state index contributed by atoms with van der Waals surface area (Å²) in [5, 5.41) is 8.39. The predicted molar refractivity (Wildman–Crippen MR) is 143 cm³/mol. The molecule has 1 saturated carbocycles. The van der Waals surface area contributed by atoms with E-state index in [4.69, 9.17) is 4.74 Å². The zero-order valence-corrected chi connectivity index (χ0v) is 20.5. The molecule has 0 atom stereocenters. The Morgan fingerprint density at radius 1 is 0.921 bits per heavy atom. The van der Waals surface area contributed by atoms with E-state index in [2.05, 4.69) is 35.1 Å². The number of nitrogens with one attached hydrogen (secondary N) is 2. The van der Waals surface area contributed by atoms with E-state index in [-0.39, 0.29) is 11.9 Å². The number of hydrogen-bond acceptors (Lipinski definition) is 6. The summed E-state index contributed by atoms with van der Waals surface area (Å²) in [4.78, 5) is 21.4. The molecule has 0 bridgehead atoms. The smallest absolute Gasteiger partial charge is 0.178 e. The summed E-state index contributed by atoms with van der Waals surface area (Å²) in [5.74, 6) is 0.986. The van der Waals surface area contributed by atoms with Crippen LogP contribution in [-0.4, -0.2) is 41.2 Å². The van der Waals surface area contributed by atoms with E-state index in [1.807, 2.05) is 18.2 Å². The van der Waals surface area contributed by atoms with Crippen molar-refractivity contribution in [1.29, 1.82) is 0 Å². The van der Waals surface area contributed by atoms with E-state index in [9.17, 15) is 4.39 Å². The fourth-order valence-corrected chi connectivity index (χ4v) is 5.18. The second-order valence-corrected chi connectivity index (χ2v) is 9.60. The zero-order chi connectivity index (χ0) is 25.5. The van der Waals surface area contributed by atoms with E-state index < -0.39 is 0 Å². The number of pyridine rings is 3. The average molecular weight is 506 g/mol. The number of aromatic nitrogens is 7. The Balaban J connectivity index is 1.26. The Labute approximate surface area is 217 Å². The van der Waals surface area contributed by atoms with Crippen molar-refractivity contribution in [2.75, 3.05) is 0 Å². The minimum atomic E-state index is -0.305. The second-order valence-electron chi connectivity index (χ2n) is 9.60. The summed E-state index contributed by atoms with van der Waals surface area (Å²) >= 11 is 0. The van der Waals surface area contributed by atoms with Gasteiger partial charge < -0.3 is 9.72 Å². The van der Waals surface area contributed by atoms with Gasteiger partial charge in [0.1, 0.15) is 17.3 Å². The summed E-state index contributed by atoms with van der Waals surface area (Å²) in [6.45, 7) is 0. The van der Waals surface area contributed by atoms with Gasteiger partial charge in [0.05, 0.1) is 35.2 Å². The van der Waals surface area contributed by atoms with E-state index in [0.29, 0.717) is 33.8 Å². The summed E-state index contributed by atoms with van der Waals surface area (Å²) in [5.41, 5.74) is 5.32. The van der Waals surface area contributed by atoms with Crippen LogP contribution in [0.3, 0.4) is 0 Å². The highest BCUT2D eigenvalue weighted by Gasteiger charge is 2.19. The predicted octanol–water partition coefficient (Wildman–Crippen LogP) is 6.48. The van der Waals surface area contributed by atoms with Crippen molar-refractivity contribution in [1.82, 2.24) is 35.1 Å². The van der Waals surface area contributed by atoms with Gasteiger partial charge in [0.15, 0.2) is 11.5 Å². The summed E-state index contributed by atoms with van der Waals surface area (Å²) in [6, 6.07) is 12.4. The van der Waals surface area contributed by atoms with E-state index in [1.54, 1.807) is 43.0 Å². The van der Waals surface area contributed by atoms with Gasteiger partial charge in [-0.05, 0) is 49.9 Å². The van der Waals surface area contributed by atoms with Crippen LogP contribution < -0.4 is 4.74 Å². The van der Waals surface area contributed by atoms with Crippen LogP contribution in [0.5, 0.6) is 5.75 Å². The van der Waals surface area contributed by atoms with Crippen molar-refractivity contribution in [3.8, 4) is 39.7 Å². The Morgan fingerprint density at radius 2 is 1.82 bits per heavy atom. The topological polar surface area (TPSA) is 105 Å². The molecule has 7 rings (SSSR count). The van der Waals surface area contributed by atoms with Gasteiger partial charge in [-0.15, -0.1) is 0 Å². The number of hydrogen-bond donors (Lipinski definition) is 2. The highest BCUT2D eigenvalue weighted by molar-refractivity contribution is 5.96. The number of halogens is 1. The summed E-state index contributed by atoms with van der Waals surface area (Å²) in [7, 11) is 0. The molecule has 1 aliphatic carbocycles. The van der Waals surface area contributed by atoms with E-state index in [1.165, 1.54) is 25.3 Å². The number of aromatic amines is 2. The molecule has 0 radical (unpaired) electrons. The van der Waals surface area contributed by atoms with Gasteiger partial charge in [0.2, 0.25) is 0 Å². The monoisotopic (exact) mass is 505 g/mol. The fraction of sp³-hybridized carbons (Fsp3) is 0.207. The van der Waals surface area contributed by atoms with Crippen LogP contribution in [0.4, 0.5) is 4.39 Å². The van der Waals surface area contributed by atoms with Crippen LogP contribution in [0.25, 0.3) is 56.0 Å². The number of benzene rings is 1. The number of nitrogens with zero attached hydrogens (tertiary/aromatic N) is 5. The quantitative estimate of drug-likeness (QED) is 0.278. The molecule has 5 aromatic heterocycles. The molecule has 0 unspecified atom stereocenters. The van der Waals surface area contributed by atoms with Crippen LogP contribution in [0.15, 0.2) is 67.3 Å². The number of H-pyrrole nitrogens is 2. The Morgan fingerprint density at radius 3 is 2.71 bits per heavy atom. The van der Waals surface area contributed by atoms with Crippen LogP contribution in [-0.2, 0) is 0 Å². The molecule has 188 valence electrons. The zero-order valence-electron chi connectivity index (χ0n) is 20.5. The Kier molecular flexibility index (Phi) is 5.53. The lowest BCUT2D eigenvalue weighted by Crippen LogP contribution is -2.19. The van der Waals surface area contributed by atoms with E-state index >= 15 is 0 Å². The van der Waals surface area contributed by atoms with Crippen LogP contribution in [0, 0.1) is 5.82 Å². The van der Waals surface area contributed by atoms with Crippen LogP contribution in [0.2, 0.25) is 0 Å². The average Bonchev–Trinajstić information content (AvgIpc) is 3.58. The highest BCUT2D eigenvalue weighted by atomic mass is 19.1. The molecular weight excluding hydrogens is 481 g/mol. The van der Waals surface area contributed by atoms with Gasteiger partial charge in [0.25, 0.3) is 0 Å². The highest BCUT2D eigenvalue weighted by Crippen LogP contribution is 2.33. The maximum Gasteiger partial charge on any atom is 0.178 e. The van der Waals surface area contributed by atoms with Crippen LogP contribution >= 0.6 is 0 Å². The van der Waals surface area contributed by atoms with Gasteiger partial charge >= 0.3 is 0 Å². The molecule has 6 aromatic rings. The van der Waals surface area contributed by atoms with Crippen molar-refractivity contribution in [2.45, 2.75) is 38.2 Å². The molecule has 1 fully saturated rings. The van der Waals surface area contributed by atoms with Gasteiger partial charge in [-0.25, -0.2) is 14.4 Å². The van der Waals surface area contributed by atoms with Crippen molar-refractivity contribution in [2.24, 2.45) is 0 Å². The van der Waals surface area contributed by atoms with Crippen molar-refractivity contribution in [3.63, 3.8) is 0 Å². The Hall–Kier alpha value is -4.66. The molecule has 9 heteroatoms. The molecule has 38 heavy (non-hydrogen) atoms. The number of fused-ring (bicyclic) bond motifs is 2. The van der Waals surface area contributed by atoms with Gasteiger partial charge in [0, 0.05) is 34.5 Å². The fourth-order valence-electron chi connectivity index (χ4n) is 5.18. The first-order valence-corrected chi connectivity index (χ1v) is 12.8. The second kappa shape index (κ2) is 9.33. The molecule has 0 saturated heterocycles. The lowest BCUT2D eigenvalue weighted by molar-refractivity contribution is 0.154. The summed E-state index contributed by atoms with van der Waals surface area (Å²) < 4.78 is 20.8. The molecule has 0 spiro atoms. The maximum absolute atomic E-state index is 14.6. The normalized spacial score (nSPS) is 14.3. The molecule has 8 nitrogen and oxygen atoms in total. The first-order valence-electron chi connectivity index (χ1n) is 12.8. The summed E-state index contributed by atoms with van der Waals surface area (Å²) in [6.07, 6.45) is 13.0. The first kappa shape index (κ1) is 22.5. The van der Waals surface area contributed by atoms with Gasteiger partial charge in [-0.3, -0.25) is 15.1 Å². The lowest BCUT2D eigenvalue weighted by Gasteiger charge is -2.22. The van der Waals surface area contributed by atoms with Gasteiger partial charge in [-0.2, -0.15) is 5.10 Å². The third-order valence-electron chi connectivity index (χ3n) is 7.09. The standard InChI is InChI=1S/C29H24FN7O/c30-23-9-5-4-8-20(23)21-10-11-32-28-26(21)34-29(35-28)27-22-13-24(33-16-25(22)36-37-27)17-12-19(15-31-14-17)38-18-6-2-1-3-7-18/h4-5,8-16,18H,1-3,6-7H2,(H,36,37)(H,32,34,35). The minimum Gasteiger partial charge on any atom is -0.489 e. The number of rotatable bonds is 5. The minimum absolute atomic E-state index is 0.243. The third kappa shape index (κ3) is 4.06. The van der Waals surface area contributed by atoms with Crippen molar-refractivity contribution in [3.05, 3.63) is 73.1 Å². The molecule has 2 N–H and O–H groups in total. The largest absolute Gasteiger partial charge is 0.489 e. The molecular formula is C29H24FN7O. The van der Waals surface area contributed by atoms with Crippen molar-refractivity contribution < 1.29 is 9.13 Å². The Bertz CT molecular complexity index is 1770. The molecule has 5 heterocycles. The molecule has 0 amide bonds. The molecule has 0 aliphatic heterocycles. The molecule has 1 aromatic carbocycles. The number of imidazole rings is 1.